The molecule has 19 heavy (non-hydrogen) atoms. The lowest BCUT2D eigenvalue weighted by Crippen LogP contribution is -2.37. The van der Waals surface area contributed by atoms with E-state index >= 15 is 0 Å². The highest BCUT2D eigenvalue weighted by atomic mass is 15.2. The number of rotatable bonds is 2. The molecule has 0 spiro atoms. The quantitative estimate of drug-likeness (QED) is 0.885. The number of hydrogen-bond donors (Lipinski definition) is 1. The van der Waals surface area contributed by atoms with Gasteiger partial charge in [0, 0.05) is 31.4 Å². The standard InChI is InChI=1S/C16H23N3/c1-13-5-4-6-15(9-13)19-10-14(7-8-17)18-11-16(2,3)12-19/h4-6,9,14,18H,7,10-12H2,1-3H3. The number of benzene rings is 1. The normalized spacial score (nSPS) is 22.6. The Balaban J connectivity index is 2.23. The highest BCUT2D eigenvalue weighted by Gasteiger charge is 2.28. The van der Waals surface area contributed by atoms with Crippen molar-refractivity contribution in [3.63, 3.8) is 0 Å². The third kappa shape index (κ3) is 3.71. The van der Waals surface area contributed by atoms with Gasteiger partial charge in [-0.2, -0.15) is 5.26 Å². The van der Waals surface area contributed by atoms with Crippen molar-refractivity contribution in [2.24, 2.45) is 5.41 Å². The Kier molecular flexibility index (Phi) is 4.11. The molecule has 1 aliphatic rings. The minimum Gasteiger partial charge on any atom is -0.369 e. The monoisotopic (exact) mass is 257 g/mol. The number of nitrogens with zero attached hydrogens (tertiary/aromatic N) is 2. The predicted molar refractivity (Wildman–Crippen MR) is 79.2 cm³/mol. The summed E-state index contributed by atoms with van der Waals surface area (Å²) in [4.78, 5) is 2.41. The van der Waals surface area contributed by atoms with Crippen LogP contribution in [0, 0.1) is 23.7 Å². The SMILES string of the molecule is Cc1cccc(N2CC(CC#N)NCC(C)(C)C2)c1. The second-order valence-corrected chi connectivity index (χ2v) is 6.32. The third-order valence-corrected chi connectivity index (χ3v) is 3.63. The van der Waals surface area contributed by atoms with E-state index in [0.29, 0.717) is 6.42 Å². The average Bonchev–Trinajstić information content (AvgIpc) is 2.49. The Morgan fingerprint density at radius 3 is 2.95 bits per heavy atom. The lowest BCUT2D eigenvalue weighted by atomic mass is 9.93. The molecule has 0 aliphatic carbocycles. The maximum Gasteiger partial charge on any atom is 0.0638 e. The molecule has 1 aliphatic heterocycles. The van der Waals surface area contributed by atoms with Gasteiger partial charge in [-0.25, -0.2) is 0 Å². The summed E-state index contributed by atoms with van der Waals surface area (Å²) in [6.07, 6.45) is 0.568. The van der Waals surface area contributed by atoms with Gasteiger partial charge in [0.15, 0.2) is 0 Å². The van der Waals surface area contributed by atoms with Gasteiger partial charge in [0.25, 0.3) is 0 Å². The van der Waals surface area contributed by atoms with Crippen LogP contribution in [-0.4, -0.2) is 25.7 Å². The molecule has 1 heterocycles. The average molecular weight is 257 g/mol. The van der Waals surface area contributed by atoms with E-state index in [2.05, 4.69) is 61.3 Å². The van der Waals surface area contributed by atoms with Gasteiger partial charge >= 0.3 is 0 Å². The summed E-state index contributed by atoms with van der Waals surface area (Å²) in [5.74, 6) is 0. The van der Waals surface area contributed by atoms with E-state index in [4.69, 9.17) is 5.26 Å². The molecule has 1 atom stereocenters. The highest BCUT2D eigenvalue weighted by molar-refractivity contribution is 5.49. The first kappa shape index (κ1) is 13.9. The topological polar surface area (TPSA) is 39.1 Å². The number of nitrogens with one attached hydrogen (secondary N) is 1. The first-order valence-corrected chi connectivity index (χ1v) is 6.92. The van der Waals surface area contributed by atoms with Crippen molar-refractivity contribution >= 4 is 5.69 Å². The number of anilines is 1. The predicted octanol–water partition coefficient (Wildman–Crippen LogP) is 2.71. The summed E-state index contributed by atoms with van der Waals surface area (Å²) in [5.41, 5.74) is 2.76. The lowest BCUT2D eigenvalue weighted by molar-refractivity contribution is 0.360. The molecule has 0 radical (unpaired) electrons. The molecule has 2 rings (SSSR count). The molecule has 1 N–H and O–H groups in total. The smallest absolute Gasteiger partial charge is 0.0638 e. The van der Waals surface area contributed by atoms with Gasteiger partial charge in [-0.1, -0.05) is 26.0 Å². The van der Waals surface area contributed by atoms with Crippen LogP contribution in [0.25, 0.3) is 0 Å². The molecule has 0 saturated carbocycles. The summed E-state index contributed by atoms with van der Waals surface area (Å²) in [6.45, 7) is 9.56. The van der Waals surface area contributed by atoms with Gasteiger partial charge in [-0.3, -0.25) is 0 Å². The Hall–Kier alpha value is -1.53. The fourth-order valence-electron chi connectivity index (χ4n) is 2.66. The van der Waals surface area contributed by atoms with Crippen molar-refractivity contribution in [1.29, 1.82) is 5.26 Å². The summed E-state index contributed by atoms with van der Waals surface area (Å²) < 4.78 is 0. The fraction of sp³-hybridized carbons (Fsp3) is 0.562. The Morgan fingerprint density at radius 2 is 2.26 bits per heavy atom. The molecular formula is C16H23N3. The van der Waals surface area contributed by atoms with Crippen molar-refractivity contribution < 1.29 is 0 Å². The van der Waals surface area contributed by atoms with Crippen LogP contribution in [0.1, 0.15) is 25.8 Å². The molecule has 3 nitrogen and oxygen atoms in total. The Labute approximate surface area is 116 Å². The van der Waals surface area contributed by atoms with Gasteiger partial charge in [-0.15, -0.1) is 0 Å². The van der Waals surface area contributed by atoms with E-state index in [9.17, 15) is 0 Å². The van der Waals surface area contributed by atoms with E-state index in [1.807, 2.05) is 0 Å². The van der Waals surface area contributed by atoms with Crippen molar-refractivity contribution in [3.8, 4) is 6.07 Å². The van der Waals surface area contributed by atoms with Crippen LogP contribution in [0.15, 0.2) is 24.3 Å². The molecule has 1 aromatic carbocycles. The van der Waals surface area contributed by atoms with Gasteiger partial charge < -0.3 is 10.2 Å². The van der Waals surface area contributed by atoms with Crippen LogP contribution in [0.3, 0.4) is 0 Å². The zero-order chi connectivity index (χ0) is 13.9. The van der Waals surface area contributed by atoms with E-state index in [-0.39, 0.29) is 11.5 Å². The van der Waals surface area contributed by atoms with Crippen molar-refractivity contribution in [3.05, 3.63) is 29.8 Å². The van der Waals surface area contributed by atoms with Crippen LogP contribution in [0.2, 0.25) is 0 Å². The number of aryl methyl sites for hydroxylation is 1. The molecule has 1 unspecified atom stereocenters. The molecule has 1 saturated heterocycles. The lowest BCUT2D eigenvalue weighted by Gasteiger charge is -2.31. The molecule has 0 aromatic heterocycles. The second-order valence-electron chi connectivity index (χ2n) is 6.32. The number of hydrogen-bond acceptors (Lipinski definition) is 3. The van der Waals surface area contributed by atoms with Crippen LogP contribution in [0.5, 0.6) is 0 Å². The van der Waals surface area contributed by atoms with Crippen molar-refractivity contribution in [2.45, 2.75) is 33.2 Å². The van der Waals surface area contributed by atoms with Gasteiger partial charge in [0.2, 0.25) is 0 Å². The van der Waals surface area contributed by atoms with Crippen LogP contribution in [0.4, 0.5) is 5.69 Å². The summed E-state index contributed by atoms with van der Waals surface area (Å²) in [6, 6.07) is 11.2. The first-order valence-electron chi connectivity index (χ1n) is 6.92. The van der Waals surface area contributed by atoms with E-state index in [1.54, 1.807) is 0 Å². The fourth-order valence-corrected chi connectivity index (χ4v) is 2.66. The summed E-state index contributed by atoms with van der Waals surface area (Å²) >= 11 is 0. The molecule has 3 heteroatoms. The summed E-state index contributed by atoms with van der Waals surface area (Å²) in [5, 5.41) is 12.5. The third-order valence-electron chi connectivity index (χ3n) is 3.63. The van der Waals surface area contributed by atoms with Gasteiger partial charge in [-0.05, 0) is 30.0 Å². The van der Waals surface area contributed by atoms with E-state index in [0.717, 1.165) is 19.6 Å². The maximum absolute atomic E-state index is 8.93. The minimum atomic E-state index is 0.216. The Bertz CT molecular complexity index is 473. The van der Waals surface area contributed by atoms with Crippen molar-refractivity contribution in [2.75, 3.05) is 24.5 Å². The summed E-state index contributed by atoms with van der Waals surface area (Å²) in [7, 11) is 0. The molecule has 1 fully saturated rings. The van der Waals surface area contributed by atoms with Crippen LogP contribution < -0.4 is 10.2 Å². The van der Waals surface area contributed by atoms with E-state index in [1.165, 1.54) is 11.3 Å². The van der Waals surface area contributed by atoms with Gasteiger partial charge in [0.05, 0.1) is 12.5 Å². The second kappa shape index (κ2) is 5.63. The molecule has 0 bridgehead atoms. The zero-order valence-electron chi connectivity index (χ0n) is 12.1. The molecular weight excluding hydrogens is 234 g/mol. The highest BCUT2D eigenvalue weighted by Crippen LogP contribution is 2.25. The molecule has 1 aromatic rings. The van der Waals surface area contributed by atoms with Crippen LogP contribution in [-0.2, 0) is 0 Å². The first-order chi connectivity index (χ1) is 9.00. The zero-order valence-corrected chi connectivity index (χ0v) is 12.1. The maximum atomic E-state index is 8.93. The molecule has 102 valence electrons. The van der Waals surface area contributed by atoms with E-state index < -0.39 is 0 Å². The Morgan fingerprint density at radius 1 is 1.47 bits per heavy atom. The largest absolute Gasteiger partial charge is 0.369 e. The van der Waals surface area contributed by atoms with Crippen LogP contribution >= 0.6 is 0 Å². The van der Waals surface area contributed by atoms with Crippen molar-refractivity contribution in [1.82, 2.24) is 5.32 Å². The minimum absolute atomic E-state index is 0.216. The number of nitriles is 1. The molecule has 0 amide bonds. The van der Waals surface area contributed by atoms with Gasteiger partial charge in [0.1, 0.15) is 0 Å².